The summed E-state index contributed by atoms with van der Waals surface area (Å²) < 4.78 is 26.6. The van der Waals surface area contributed by atoms with Crippen molar-refractivity contribution in [1.82, 2.24) is 10.2 Å². The highest BCUT2D eigenvalue weighted by molar-refractivity contribution is 7.92. The van der Waals surface area contributed by atoms with Crippen molar-refractivity contribution in [3.8, 4) is 0 Å². The number of nitrogens with zero attached hydrogens (tertiary/aromatic N) is 2. The third-order valence-corrected chi connectivity index (χ3v) is 8.54. The van der Waals surface area contributed by atoms with E-state index in [4.69, 9.17) is 23.2 Å². The zero-order valence-corrected chi connectivity index (χ0v) is 26.0. The molecule has 0 spiro atoms. The van der Waals surface area contributed by atoms with Gasteiger partial charge in [0, 0.05) is 42.5 Å². The van der Waals surface area contributed by atoms with E-state index in [0.29, 0.717) is 34.3 Å². The molecule has 0 fully saturated rings. The van der Waals surface area contributed by atoms with Crippen LogP contribution in [0.1, 0.15) is 43.4 Å². The fourth-order valence-corrected chi connectivity index (χ4v) is 6.01. The molecule has 1 atom stereocenters. The molecule has 220 valence electrons. The molecule has 0 aliphatic heterocycles. The number of carbonyl (C=O) groups is 2. The van der Waals surface area contributed by atoms with E-state index in [9.17, 15) is 18.0 Å². The fraction of sp³-hybridized carbons (Fsp3) is 0.355. The molecule has 0 bridgehead atoms. The van der Waals surface area contributed by atoms with Crippen molar-refractivity contribution in [1.29, 1.82) is 0 Å². The van der Waals surface area contributed by atoms with E-state index in [0.717, 1.165) is 23.8 Å². The van der Waals surface area contributed by atoms with E-state index in [1.54, 1.807) is 30.3 Å². The second-order valence-corrected chi connectivity index (χ2v) is 12.6. The number of halogens is 2. The Balaban J connectivity index is 1.88. The lowest BCUT2D eigenvalue weighted by Gasteiger charge is -2.32. The highest BCUT2D eigenvalue weighted by atomic mass is 35.5. The molecule has 1 N–H and O–H groups in total. The SMILES string of the molecule is CCNC(=O)C(Cc1ccccc1)N(Cc1ccc(Cl)cc1Cl)C(=O)CCCN(c1ccc(CC)cc1)S(C)(=O)=O. The van der Waals surface area contributed by atoms with Crippen LogP contribution < -0.4 is 9.62 Å². The Kier molecular flexibility index (Phi) is 12.1. The lowest BCUT2D eigenvalue weighted by Crippen LogP contribution is -2.50. The van der Waals surface area contributed by atoms with Crippen LogP contribution >= 0.6 is 23.2 Å². The summed E-state index contributed by atoms with van der Waals surface area (Å²) in [5.74, 6) is -0.554. The maximum absolute atomic E-state index is 13.8. The molecular weight excluding hydrogens is 581 g/mol. The molecule has 0 aliphatic carbocycles. The second kappa shape index (κ2) is 15.2. The van der Waals surface area contributed by atoms with Crippen LogP contribution in [-0.2, 0) is 39.0 Å². The van der Waals surface area contributed by atoms with E-state index >= 15 is 0 Å². The van der Waals surface area contributed by atoms with E-state index in [1.165, 1.54) is 9.21 Å². The molecule has 0 aliphatic rings. The predicted molar refractivity (Wildman–Crippen MR) is 167 cm³/mol. The first kappa shape index (κ1) is 32.4. The summed E-state index contributed by atoms with van der Waals surface area (Å²) in [6.45, 7) is 4.48. The van der Waals surface area contributed by atoms with Crippen molar-refractivity contribution in [2.45, 2.75) is 52.1 Å². The van der Waals surface area contributed by atoms with Gasteiger partial charge >= 0.3 is 0 Å². The van der Waals surface area contributed by atoms with Crippen LogP contribution in [0.15, 0.2) is 72.8 Å². The maximum Gasteiger partial charge on any atom is 0.243 e. The molecule has 0 radical (unpaired) electrons. The highest BCUT2D eigenvalue weighted by Gasteiger charge is 2.30. The van der Waals surface area contributed by atoms with E-state index in [2.05, 4.69) is 5.32 Å². The topological polar surface area (TPSA) is 86.8 Å². The molecular formula is C31H37Cl2N3O4S. The van der Waals surface area contributed by atoms with Gasteiger partial charge in [0.05, 0.1) is 11.9 Å². The van der Waals surface area contributed by atoms with E-state index in [-0.39, 0.29) is 37.7 Å². The third-order valence-electron chi connectivity index (χ3n) is 6.76. The summed E-state index contributed by atoms with van der Waals surface area (Å²) >= 11 is 12.6. The number of sulfonamides is 1. The minimum absolute atomic E-state index is 0.0367. The van der Waals surface area contributed by atoms with Crippen LogP contribution in [0.4, 0.5) is 5.69 Å². The number of rotatable bonds is 14. The third kappa shape index (κ3) is 9.48. The van der Waals surface area contributed by atoms with Crippen molar-refractivity contribution >= 4 is 50.7 Å². The maximum atomic E-state index is 13.8. The van der Waals surface area contributed by atoms with Crippen molar-refractivity contribution in [3.05, 3.63) is 99.5 Å². The molecule has 0 saturated heterocycles. The van der Waals surface area contributed by atoms with Crippen LogP contribution in [0.5, 0.6) is 0 Å². The lowest BCUT2D eigenvalue weighted by molar-refractivity contribution is -0.141. The molecule has 7 nitrogen and oxygen atoms in total. The molecule has 1 unspecified atom stereocenters. The summed E-state index contributed by atoms with van der Waals surface area (Å²) in [5.41, 5.74) is 3.21. The van der Waals surface area contributed by atoms with Crippen molar-refractivity contribution in [2.24, 2.45) is 0 Å². The molecule has 2 amide bonds. The Morgan fingerprint density at radius 1 is 0.927 bits per heavy atom. The summed E-state index contributed by atoms with van der Waals surface area (Å²) in [6, 6.07) is 21.1. The Hall–Kier alpha value is -3.07. The molecule has 0 aromatic heterocycles. The highest BCUT2D eigenvalue weighted by Crippen LogP contribution is 2.25. The Labute approximate surface area is 253 Å². The Bertz CT molecular complexity index is 1420. The minimum Gasteiger partial charge on any atom is -0.355 e. The number of carbonyl (C=O) groups excluding carboxylic acids is 2. The number of amides is 2. The average molecular weight is 619 g/mol. The van der Waals surface area contributed by atoms with Gasteiger partial charge in [0.1, 0.15) is 6.04 Å². The first-order chi connectivity index (χ1) is 19.5. The van der Waals surface area contributed by atoms with Gasteiger partial charge in [-0.15, -0.1) is 0 Å². The van der Waals surface area contributed by atoms with Crippen LogP contribution in [-0.4, -0.2) is 50.5 Å². The lowest BCUT2D eigenvalue weighted by atomic mass is 10.0. The van der Waals surface area contributed by atoms with Gasteiger partial charge in [-0.1, -0.05) is 78.7 Å². The van der Waals surface area contributed by atoms with Crippen molar-refractivity contribution in [2.75, 3.05) is 23.7 Å². The number of hydrogen-bond acceptors (Lipinski definition) is 4. The normalized spacial score (nSPS) is 12.0. The van der Waals surface area contributed by atoms with Crippen molar-refractivity contribution < 1.29 is 18.0 Å². The largest absolute Gasteiger partial charge is 0.355 e. The average Bonchev–Trinajstić information content (AvgIpc) is 2.94. The van der Waals surface area contributed by atoms with Gasteiger partial charge in [0.25, 0.3) is 0 Å². The van der Waals surface area contributed by atoms with Gasteiger partial charge in [0.2, 0.25) is 21.8 Å². The fourth-order valence-electron chi connectivity index (χ4n) is 4.58. The van der Waals surface area contributed by atoms with Crippen LogP contribution in [0.3, 0.4) is 0 Å². The Morgan fingerprint density at radius 2 is 1.61 bits per heavy atom. The molecule has 0 heterocycles. The smallest absolute Gasteiger partial charge is 0.243 e. The number of likely N-dealkylation sites (N-methyl/N-ethyl adjacent to an activating group) is 1. The molecule has 10 heteroatoms. The monoisotopic (exact) mass is 617 g/mol. The zero-order valence-electron chi connectivity index (χ0n) is 23.6. The van der Waals surface area contributed by atoms with Crippen LogP contribution in [0, 0.1) is 0 Å². The van der Waals surface area contributed by atoms with Gasteiger partial charge in [-0.2, -0.15) is 0 Å². The van der Waals surface area contributed by atoms with Gasteiger partial charge in [-0.05, 0) is 60.7 Å². The molecule has 3 aromatic carbocycles. The van der Waals surface area contributed by atoms with E-state index in [1.807, 2.05) is 56.3 Å². The first-order valence-electron chi connectivity index (χ1n) is 13.6. The minimum atomic E-state index is -3.58. The van der Waals surface area contributed by atoms with Crippen LogP contribution in [0.25, 0.3) is 0 Å². The standard InChI is InChI=1S/C31H37Cl2N3O4S/c1-4-23-13-17-27(18-14-23)36(41(3,39)40)19-9-12-30(37)35(22-25-15-16-26(32)21-28(25)33)29(31(38)34-5-2)20-24-10-7-6-8-11-24/h6-8,10-11,13-18,21,29H,4-5,9,12,19-20,22H2,1-3H3,(H,34,38). The number of benzene rings is 3. The molecule has 3 aromatic rings. The number of nitrogens with one attached hydrogen (secondary N) is 1. The summed E-state index contributed by atoms with van der Waals surface area (Å²) in [5, 5.41) is 3.72. The first-order valence-corrected chi connectivity index (χ1v) is 16.3. The quantitative estimate of drug-likeness (QED) is 0.245. The predicted octanol–water partition coefficient (Wildman–Crippen LogP) is 5.88. The molecule has 3 rings (SSSR count). The summed E-state index contributed by atoms with van der Waals surface area (Å²) in [6.07, 6.45) is 2.61. The van der Waals surface area contributed by atoms with Gasteiger partial charge in [-0.3, -0.25) is 13.9 Å². The Morgan fingerprint density at radius 3 is 2.20 bits per heavy atom. The van der Waals surface area contributed by atoms with Crippen molar-refractivity contribution in [3.63, 3.8) is 0 Å². The molecule has 41 heavy (non-hydrogen) atoms. The summed E-state index contributed by atoms with van der Waals surface area (Å²) in [4.78, 5) is 28.7. The second-order valence-electron chi connectivity index (χ2n) is 9.82. The molecule has 0 saturated carbocycles. The van der Waals surface area contributed by atoms with Crippen LogP contribution in [0.2, 0.25) is 10.0 Å². The van der Waals surface area contributed by atoms with E-state index < -0.39 is 16.1 Å². The number of hydrogen-bond donors (Lipinski definition) is 1. The number of anilines is 1. The zero-order chi connectivity index (χ0) is 30.0. The van der Waals surface area contributed by atoms with Gasteiger partial charge in [0.15, 0.2) is 0 Å². The van der Waals surface area contributed by atoms with Gasteiger partial charge < -0.3 is 10.2 Å². The number of aryl methyl sites for hydroxylation is 1. The van der Waals surface area contributed by atoms with Gasteiger partial charge in [-0.25, -0.2) is 8.42 Å². The summed E-state index contributed by atoms with van der Waals surface area (Å²) in [7, 11) is -3.58.